The Morgan fingerprint density at radius 3 is 1.87 bits per heavy atom. The van der Waals surface area contributed by atoms with Crippen LogP contribution in [0.1, 0.15) is 65.9 Å². The van der Waals surface area contributed by atoms with Crippen molar-refractivity contribution in [3.63, 3.8) is 0 Å². The molecule has 6 atom stereocenters. The fourth-order valence-electron chi connectivity index (χ4n) is 4.38. The molecule has 15 heteroatoms. The number of amides is 5. The third-order valence-corrected chi connectivity index (χ3v) is 7.21. The number of nitrogens with two attached hydrogens (primary N) is 1. The predicted octanol–water partition coefficient (Wildman–Crippen LogP) is -0.327. The van der Waals surface area contributed by atoms with Crippen molar-refractivity contribution >= 4 is 41.5 Å². The highest BCUT2D eigenvalue weighted by Crippen LogP contribution is 2.10. The summed E-state index contributed by atoms with van der Waals surface area (Å²) in [7, 11) is 0. The first-order chi connectivity index (χ1) is 21.5. The molecule has 9 N–H and O–H groups in total. The lowest BCUT2D eigenvalue weighted by molar-refractivity contribution is -0.139. The van der Waals surface area contributed by atoms with E-state index in [-0.39, 0.29) is 31.1 Å². The molecule has 256 valence electrons. The fraction of sp³-hybridized carbons (Fsp3) is 0.581. The average Bonchev–Trinajstić information content (AvgIpc) is 2.99. The lowest BCUT2D eigenvalue weighted by Crippen LogP contribution is -2.59. The molecule has 0 aliphatic heterocycles. The van der Waals surface area contributed by atoms with Gasteiger partial charge >= 0.3 is 11.9 Å². The highest BCUT2D eigenvalue weighted by molar-refractivity contribution is 5.96. The van der Waals surface area contributed by atoms with Crippen molar-refractivity contribution in [2.24, 2.45) is 17.6 Å². The molecule has 1 rings (SSSR count). The molecule has 46 heavy (non-hydrogen) atoms. The van der Waals surface area contributed by atoms with Crippen molar-refractivity contribution in [2.45, 2.75) is 96.9 Å². The van der Waals surface area contributed by atoms with E-state index in [0.29, 0.717) is 6.42 Å². The Bertz CT molecular complexity index is 1210. The molecule has 0 unspecified atom stereocenters. The maximum atomic E-state index is 13.4. The molecular formula is C31H48N6O9. The number of carboxylic acids is 2. The Labute approximate surface area is 268 Å². The number of hydrogen-bond acceptors (Lipinski definition) is 8. The number of carbonyl (C=O) groups is 7. The van der Waals surface area contributed by atoms with Crippen LogP contribution in [0.4, 0.5) is 0 Å². The summed E-state index contributed by atoms with van der Waals surface area (Å²) in [6, 6.07) is 3.34. The molecular weight excluding hydrogens is 600 g/mol. The second-order valence-electron chi connectivity index (χ2n) is 11.7. The first-order valence-corrected chi connectivity index (χ1v) is 15.3. The molecule has 0 aliphatic rings. The van der Waals surface area contributed by atoms with Gasteiger partial charge in [0.05, 0.1) is 6.04 Å². The normalized spacial score (nSPS) is 14.8. The van der Waals surface area contributed by atoms with Crippen LogP contribution in [0.3, 0.4) is 0 Å². The molecule has 5 amide bonds. The van der Waals surface area contributed by atoms with E-state index in [1.54, 1.807) is 13.8 Å². The Morgan fingerprint density at radius 1 is 0.739 bits per heavy atom. The van der Waals surface area contributed by atoms with Crippen molar-refractivity contribution in [3.05, 3.63) is 35.9 Å². The minimum Gasteiger partial charge on any atom is -0.481 e. The zero-order valence-corrected chi connectivity index (χ0v) is 27.0. The van der Waals surface area contributed by atoms with Crippen LogP contribution in [-0.4, -0.2) is 88.4 Å². The van der Waals surface area contributed by atoms with Gasteiger partial charge in [0.1, 0.15) is 30.7 Å². The number of hydrogen-bond donors (Lipinski definition) is 8. The fourth-order valence-corrected chi connectivity index (χ4v) is 4.38. The molecule has 0 heterocycles. The number of rotatable bonds is 20. The van der Waals surface area contributed by atoms with E-state index >= 15 is 0 Å². The topological polar surface area (TPSA) is 246 Å². The van der Waals surface area contributed by atoms with E-state index in [2.05, 4.69) is 26.6 Å². The Balaban J connectivity index is 3.02. The third kappa shape index (κ3) is 14.5. The van der Waals surface area contributed by atoms with Crippen LogP contribution in [0.25, 0.3) is 0 Å². The summed E-state index contributed by atoms with van der Waals surface area (Å²) in [4.78, 5) is 87.1. The number of nitrogens with one attached hydrogen (secondary N) is 5. The van der Waals surface area contributed by atoms with Gasteiger partial charge in [-0.2, -0.15) is 0 Å². The minimum atomic E-state index is -1.38. The monoisotopic (exact) mass is 648 g/mol. The number of benzene rings is 1. The molecule has 0 aliphatic carbocycles. The van der Waals surface area contributed by atoms with Crippen molar-refractivity contribution in [1.29, 1.82) is 0 Å². The van der Waals surface area contributed by atoms with E-state index in [1.807, 2.05) is 44.2 Å². The molecule has 15 nitrogen and oxygen atoms in total. The standard InChI is InChI=1S/C31H48N6O9/c1-6-18(4)26(31(46)33-16-25(40)41)37-27(42)19(5)34-29(44)22(12-13-24(38)39)35-30(45)23(14-17(2)3)36-28(43)21(32)15-20-10-8-7-9-11-20/h7-11,17-19,21-23,26H,6,12-16,32H2,1-5H3,(H,33,46)(H,34,44)(H,35,45)(H,36,43)(H,37,42)(H,38,39)(H,40,41)/t18-,19-,21-,22-,23-,26-/m0/s1. The van der Waals surface area contributed by atoms with Crippen LogP contribution in [0.2, 0.25) is 0 Å². The summed E-state index contributed by atoms with van der Waals surface area (Å²) < 4.78 is 0. The Morgan fingerprint density at radius 2 is 1.33 bits per heavy atom. The Kier molecular flexibility index (Phi) is 17.0. The number of carboxylic acid groups (broad SMARTS) is 2. The SMILES string of the molecule is CC[C@H](C)[C@H](NC(=O)[C@H](C)NC(=O)[C@H](CCC(=O)O)NC(=O)[C@H](CC(C)C)NC(=O)[C@@H](N)Cc1ccccc1)C(=O)NCC(=O)O. The summed E-state index contributed by atoms with van der Waals surface area (Å²) in [5.74, 6) is -6.55. The Hall–Kier alpha value is -4.53. The lowest BCUT2D eigenvalue weighted by Gasteiger charge is -2.27. The summed E-state index contributed by atoms with van der Waals surface area (Å²) in [5.41, 5.74) is 6.92. The molecule has 0 fully saturated rings. The van der Waals surface area contributed by atoms with Gasteiger partial charge in [0.2, 0.25) is 29.5 Å². The average molecular weight is 649 g/mol. The van der Waals surface area contributed by atoms with Crippen LogP contribution in [0, 0.1) is 11.8 Å². The van der Waals surface area contributed by atoms with Crippen LogP contribution in [0.5, 0.6) is 0 Å². The number of carbonyl (C=O) groups excluding carboxylic acids is 5. The molecule has 0 saturated heterocycles. The van der Waals surface area contributed by atoms with Crippen LogP contribution in [0.15, 0.2) is 30.3 Å². The maximum Gasteiger partial charge on any atom is 0.322 e. The minimum absolute atomic E-state index is 0.0532. The van der Waals surface area contributed by atoms with Gasteiger partial charge in [0, 0.05) is 6.42 Å². The summed E-state index contributed by atoms with van der Waals surface area (Å²) in [5, 5.41) is 30.4. The molecule has 0 bridgehead atoms. The number of aliphatic carboxylic acids is 2. The predicted molar refractivity (Wildman–Crippen MR) is 168 cm³/mol. The molecule has 0 spiro atoms. The second-order valence-corrected chi connectivity index (χ2v) is 11.7. The van der Waals surface area contributed by atoms with Crippen LogP contribution < -0.4 is 32.3 Å². The van der Waals surface area contributed by atoms with Crippen molar-refractivity contribution in [2.75, 3.05) is 6.54 Å². The largest absolute Gasteiger partial charge is 0.481 e. The highest BCUT2D eigenvalue weighted by Gasteiger charge is 2.32. The van der Waals surface area contributed by atoms with Gasteiger partial charge in [-0.3, -0.25) is 33.6 Å². The van der Waals surface area contributed by atoms with E-state index in [9.17, 15) is 38.7 Å². The van der Waals surface area contributed by atoms with E-state index in [4.69, 9.17) is 10.8 Å². The molecule has 0 radical (unpaired) electrons. The second kappa shape index (κ2) is 19.8. The lowest BCUT2D eigenvalue weighted by atomic mass is 9.98. The zero-order valence-electron chi connectivity index (χ0n) is 27.0. The van der Waals surface area contributed by atoms with Gasteiger partial charge in [-0.1, -0.05) is 64.4 Å². The highest BCUT2D eigenvalue weighted by atomic mass is 16.4. The van der Waals surface area contributed by atoms with E-state index in [1.165, 1.54) is 6.92 Å². The molecule has 0 aromatic heterocycles. The summed E-state index contributed by atoms with van der Waals surface area (Å²) >= 11 is 0. The maximum absolute atomic E-state index is 13.4. The third-order valence-electron chi connectivity index (χ3n) is 7.21. The smallest absolute Gasteiger partial charge is 0.322 e. The van der Waals surface area contributed by atoms with Gasteiger partial charge in [0.15, 0.2) is 0 Å². The van der Waals surface area contributed by atoms with Crippen LogP contribution in [-0.2, 0) is 40.0 Å². The summed E-state index contributed by atoms with van der Waals surface area (Å²) in [6.45, 7) is 7.83. The van der Waals surface area contributed by atoms with Crippen LogP contribution >= 0.6 is 0 Å². The van der Waals surface area contributed by atoms with Gasteiger partial charge in [-0.15, -0.1) is 0 Å². The molecule has 1 aromatic rings. The molecule has 0 saturated carbocycles. The van der Waals surface area contributed by atoms with Gasteiger partial charge in [-0.25, -0.2) is 0 Å². The molecule has 1 aromatic carbocycles. The van der Waals surface area contributed by atoms with Gasteiger partial charge < -0.3 is 42.5 Å². The zero-order chi connectivity index (χ0) is 35.0. The summed E-state index contributed by atoms with van der Waals surface area (Å²) in [6.07, 6.45) is 0.0981. The van der Waals surface area contributed by atoms with Crippen molar-refractivity contribution in [3.8, 4) is 0 Å². The quantitative estimate of drug-likeness (QED) is 0.0915. The van der Waals surface area contributed by atoms with E-state index < -0.39 is 84.6 Å². The van der Waals surface area contributed by atoms with Crippen molar-refractivity contribution < 1.29 is 43.8 Å². The van der Waals surface area contributed by atoms with Crippen molar-refractivity contribution in [1.82, 2.24) is 26.6 Å². The first-order valence-electron chi connectivity index (χ1n) is 15.3. The first kappa shape index (κ1) is 39.5. The van der Waals surface area contributed by atoms with Gasteiger partial charge in [0.25, 0.3) is 0 Å². The van der Waals surface area contributed by atoms with E-state index in [0.717, 1.165) is 5.56 Å². The van der Waals surface area contributed by atoms with Gasteiger partial charge in [-0.05, 0) is 43.6 Å².